The van der Waals surface area contributed by atoms with Crippen LogP contribution in [0.1, 0.15) is 12.1 Å². The van der Waals surface area contributed by atoms with E-state index in [-0.39, 0.29) is 17.9 Å². The van der Waals surface area contributed by atoms with E-state index in [1.807, 2.05) is 42.1 Å². The highest BCUT2D eigenvalue weighted by Crippen LogP contribution is 2.16. The predicted octanol–water partition coefficient (Wildman–Crippen LogP) is 0.545. The van der Waals surface area contributed by atoms with Crippen molar-refractivity contribution in [3.8, 4) is 0 Å². The van der Waals surface area contributed by atoms with Crippen LogP contribution in [0.15, 0.2) is 30.5 Å². The molecule has 1 heterocycles. The van der Waals surface area contributed by atoms with Gasteiger partial charge in [0.1, 0.15) is 0 Å². The molecular weight excluding hydrogens is 202 g/mol. The number of aryl methyl sites for hydroxylation is 1. The van der Waals surface area contributed by atoms with Crippen molar-refractivity contribution < 1.29 is 4.79 Å². The summed E-state index contributed by atoms with van der Waals surface area (Å²) in [6.45, 7) is 0.571. The third-order valence-electron chi connectivity index (χ3n) is 2.95. The number of hydrogen-bond acceptors (Lipinski definition) is 2. The van der Waals surface area contributed by atoms with Crippen molar-refractivity contribution >= 4 is 5.91 Å². The molecule has 1 aliphatic rings. The smallest absolute Gasteiger partial charge is 0.227 e. The SMILES string of the molecule is Cn1cccc1CNC(=O)C1C=CC(N)C1. The lowest BCUT2D eigenvalue weighted by Gasteiger charge is -2.10. The number of nitrogens with two attached hydrogens (primary N) is 1. The fraction of sp³-hybridized carbons (Fsp3) is 0.417. The summed E-state index contributed by atoms with van der Waals surface area (Å²) in [5.41, 5.74) is 6.80. The summed E-state index contributed by atoms with van der Waals surface area (Å²) in [7, 11) is 1.97. The fourth-order valence-electron chi connectivity index (χ4n) is 1.91. The molecule has 4 heteroatoms. The van der Waals surface area contributed by atoms with E-state index in [1.165, 1.54) is 0 Å². The van der Waals surface area contributed by atoms with Crippen molar-refractivity contribution in [2.45, 2.75) is 19.0 Å². The van der Waals surface area contributed by atoms with E-state index in [9.17, 15) is 4.79 Å². The minimum atomic E-state index is -0.0599. The molecule has 1 amide bonds. The lowest BCUT2D eigenvalue weighted by atomic mass is 10.1. The molecule has 0 spiro atoms. The van der Waals surface area contributed by atoms with Gasteiger partial charge in [0.25, 0.3) is 0 Å². The van der Waals surface area contributed by atoms with Crippen LogP contribution in [0.25, 0.3) is 0 Å². The van der Waals surface area contributed by atoms with Crippen molar-refractivity contribution in [3.05, 3.63) is 36.2 Å². The van der Waals surface area contributed by atoms with E-state index in [0.29, 0.717) is 6.54 Å². The van der Waals surface area contributed by atoms with E-state index < -0.39 is 0 Å². The second kappa shape index (κ2) is 4.53. The number of carbonyl (C=O) groups is 1. The third-order valence-corrected chi connectivity index (χ3v) is 2.95. The Morgan fingerprint density at radius 3 is 3.00 bits per heavy atom. The first-order valence-corrected chi connectivity index (χ1v) is 5.48. The van der Waals surface area contributed by atoms with Crippen LogP contribution in [0.3, 0.4) is 0 Å². The third kappa shape index (κ3) is 2.33. The fourth-order valence-corrected chi connectivity index (χ4v) is 1.91. The van der Waals surface area contributed by atoms with Gasteiger partial charge in [0.15, 0.2) is 0 Å². The van der Waals surface area contributed by atoms with E-state index in [4.69, 9.17) is 5.73 Å². The first kappa shape index (κ1) is 11.0. The number of aromatic nitrogens is 1. The Bertz CT molecular complexity index is 408. The standard InChI is InChI=1S/C12H17N3O/c1-15-6-2-3-11(15)8-14-12(16)9-4-5-10(13)7-9/h2-6,9-10H,7-8,13H2,1H3,(H,14,16). The summed E-state index contributed by atoms with van der Waals surface area (Å²) in [5, 5.41) is 2.92. The maximum atomic E-state index is 11.8. The first-order valence-electron chi connectivity index (χ1n) is 5.48. The minimum absolute atomic E-state index is 0.0331. The summed E-state index contributed by atoms with van der Waals surface area (Å²) >= 11 is 0. The van der Waals surface area contributed by atoms with Crippen LogP contribution in [0.5, 0.6) is 0 Å². The van der Waals surface area contributed by atoms with Crippen LogP contribution < -0.4 is 11.1 Å². The van der Waals surface area contributed by atoms with Gasteiger partial charge in [-0.3, -0.25) is 4.79 Å². The van der Waals surface area contributed by atoms with Gasteiger partial charge in [-0.1, -0.05) is 12.2 Å². The lowest BCUT2D eigenvalue weighted by molar-refractivity contribution is -0.123. The van der Waals surface area contributed by atoms with Crippen molar-refractivity contribution in [2.75, 3.05) is 0 Å². The molecule has 3 N–H and O–H groups in total. The molecule has 16 heavy (non-hydrogen) atoms. The molecule has 0 saturated carbocycles. The van der Waals surface area contributed by atoms with Crippen molar-refractivity contribution in [1.29, 1.82) is 0 Å². The molecule has 0 saturated heterocycles. The van der Waals surface area contributed by atoms with Gasteiger partial charge in [0, 0.05) is 25.0 Å². The average molecular weight is 219 g/mol. The molecular formula is C12H17N3O. The van der Waals surface area contributed by atoms with Gasteiger partial charge in [-0.15, -0.1) is 0 Å². The van der Waals surface area contributed by atoms with Crippen molar-refractivity contribution in [1.82, 2.24) is 9.88 Å². The number of rotatable bonds is 3. The Balaban J connectivity index is 1.85. The molecule has 2 rings (SSSR count). The summed E-state index contributed by atoms with van der Waals surface area (Å²) in [6, 6.07) is 3.99. The van der Waals surface area contributed by atoms with Crippen molar-refractivity contribution in [2.24, 2.45) is 18.7 Å². The minimum Gasteiger partial charge on any atom is -0.353 e. The zero-order chi connectivity index (χ0) is 11.5. The lowest BCUT2D eigenvalue weighted by Crippen LogP contribution is -2.30. The second-order valence-electron chi connectivity index (χ2n) is 4.22. The van der Waals surface area contributed by atoms with Gasteiger partial charge in [-0.25, -0.2) is 0 Å². The van der Waals surface area contributed by atoms with Crippen LogP contribution in [-0.2, 0) is 18.4 Å². The van der Waals surface area contributed by atoms with Gasteiger partial charge >= 0.3 is 0 Å². The van der Waals surface area contributed by atoms with Crippen LogP contribution in [-0.4, -0.2) is 16.5 Å². The Morgan fingerprint density at radius 2 is 2.44 bits per heavy atom. The number of nitrogens with one attached hydrogen (secondary N) is 1. The normalized spacial score (nSPS) is 23.6. The van der Waals surface area contributed by atoms with Gasteiger partial charge in [-0.2, -0.15) is 0 Å². The van der Waals surface area contributed by atoms with E-state index in [0.717, 1.165) is 12.1 Å². The zero-order valence-corrected chi connectivity index (χ0v) is 9.39. The molecule has 86 valence electrons. The molecule has 2 unspecified atom stereocenters. The zero-order valence-electron chi connectivity index (χ0n) is 9.39. The van der Waals surface area contributed by atoms with Crippen LogP contribution in [0.2, 0.25) is 0 Å². The Kier molecular flexibility index (Phi) is 3.10. The highest BCUT2D eigenvalue weighted by Gasteiger charge is 2.22. The molecule has 0 aromatic carbocycles. The molecule has 2 atom stereocenters. The van der Waals surface area contributed by atoms with Crippen LogP contribution in [0.4, 0.5) is 0 Å². The number of nitrogens with zero attached hydrogens (tertiary/aromatic N) is 1. The first-order chi connectivity index (χ1) is 7.66. The average Bonchev–Trinajstić information content (AvgIpc) is 2.84. The monoisotopic (exact) mass is 219 g/mol. The highest BCUT2D eigenvalue weighted by molar-refractivity contribution is 5.81. The largest absolute Gasteiger partial charge is 0.353 e. The van der Waals surface area contributed by atoms with E-state index in [1.54, 1.807) is 0 Å². The van der Waals surface area contributed by atoms with Crippen LogP contribution >= 0.6 is 0 Å². The summed E-state index contributed by atoms with van der Waals surface area (Å²) in [4.78, 5) is 11.8. The summed E-state index contributed by atoms with van der Waals surface area (Å²) in [5.74, 6) is 0.000619. The number of hydrogen-bond donors (Lipinski definition) is 2. The van der Waals surface area contributed by atoms with E-state index >= 15 is 0 Å². The maximum absolute atomic E-state index is 11.8. The molecule has 0 aliphatic heterocycles. The Hall–Kier alpha value is -1.55. The van der Waals surface area contributed by atoms with Crippen molar-refractivity contribution in [3.63, 3.8) is 0 Å². The molecule has 1 aromatic rings. The number of amides is 1. The Morgan fingerprint density at radius 1 is 1.62 bits per heavy atom. The molecule has 0 bridgehead atoms. The maximum Gasteiger partial charge on any atom is 0.227 e. The molecule has 1 aliphatic carbocycles. The van der Waals surface area contributed by atoms with Crippen LogP contribution in [0, 0.1) is 5.92 Å². The highest BCUT2D eigenvalue weighted by atomic mass is 16.1. The molecule has 0 fully saturated rings. The van der Waals surface area contributed by atoms with E-state index in [2.05, 4.69) is 5.32 Å². The Labute approximate surface area is 95.1 Å². The quantitative estimate of drug-likeness (QED) is 0.729. The van der Waals surface area contributed by atoms with Gasteiger partial charge in [0.2, 0.25) is 5.91 Å². The topological polar surface area (TPSA) is 60.0 Å². The number of carbonyl (C=O) groups excluding carboxylic acids is 1. The molecule has 4 nitrogen and oxygen atoms in total. The summed E-state index contributed by atoms with van der Waals surface area (Å²) in [6.07, 6.45) is 6.48. The molecule has 0 radical (unpaired) electrons. The summed E-state index contributed by atoms with van der Waals surface area (Å²) < 4.78 is 2.00. The second-order valence-corrected chi connectivity index (χ2v) is 4.22. The van der Waals surface area contributed by atoms with Gasteiger partial charge < -0.3 is 15.6 Å². The van der Waals surface area contributed by atoms with Gasteiger partial charge in [-0.05, 0) is 18.6 Å². The molecule has 1 aromatic heterocycles. The van der Waals surface area contributed by atoms with Gasteiger partial charge in [0.05, 0.1) is 12.5 Å². The predicted molar refractivity (Wildman–Crippen MR) is 62.5 cm³/mol.